The Labute approximate surface area is 300 Å². The molecule has 0 aromatic rings. The van der Waals surface area contributed by atoms with E-state index < -0.39 is 0 Å². The van der Waals surface area contributed by atoms with Gasteiger partial charge in [0.1, 0.15) is 0 Å². The van der Waals surface area contributed by atoms with Gasteiger partial charge >= 0.3 is 11.9 Å². The maximum Gasteiger partial charge on any atom is 0.330 e. The predicted octanol–water partition coefficient (Wildman–Crippen LogP) is 14.7. The second-order valence-corrected chi connectivity index (χ2v) is 14.6. The summed E-state index contributed by atoms with van der Waals surface area (Å²) in [4.78, 5) is 23.8. The van der Waals surface area contributed by atoms with Crippen molar-refractivity contribution in [3.8, 4) is 0 Å². The lowest BCUT2D eigenvalue weighted by molar-refractivity contribution is -0.144. The highest BCUT2D eigenvalue weighted by Crippen LogP contribution is 2.15. The fourth-order valence-electron chi connectivity index (χ4n) is 6.49. The summed E-state index contributed by atoms with van der Waals surface area (Å²) in [5.41, 5.74) is 0. The molecule has 0 aliphatic heterocycles. The SMILES string of the molecule is CCCCCCCCCCCCOC(=O)C=CCCCCCCCCCCCCCCCCC(=O)OCCCCCCCCCCCC. The minimum absolute atomic E-state index is 0.00886. The number of hydrogen-bond acceptors (Lipinski definition) is 4. The Morgan fingerprint density at radius 3 is 1.08 bits per heavy atom. The Balaban J connectivity index is 3.24. The van der Waals surface area contributed by atoms with Gasteiger partial charge in [-0.05, 0) is 32.1 Å². The van der Waals surface area contributed by atoms with Crippen LogP contribution in [0.2, 0.25) is 0 Å². The van der Waals surface area contributed by atoms with Crippen LogP contribution < -0.4 is 0 Å². The van der Waals surface area contributed by atoms with Crippen LogP contribution >= 0.6 is 0 Å². The van der Waals surface area contributed by atoms with Crippen LogP contribution in [0.25, 0.3) is 0 Å². The van der Waals surface area contributed by atoms with Gasteiger partial charge < -0.3 is 9.47 Å². The Kier molecular flexibility index (Phi) is 40.7. The van der Waals surface area contributed by atoms with Crippen LogP contribution in [0.4, 0.5) is 0 Å². The van der Waals surface area contributed by atoms with Crippen LogP contribution in [0, 0.1) is 0 Å². The van der Waals surface area contributed by atoms with Gasteiger partial charge in [-0.3, -0.25) is 4.79 Å². The first kappa shape index (κ1) is 46.7. The molecule has 48 heavy (non-hydrogen) atoms. The van der Waals surface area contributed by atoms with E-state index in [-0.39, 0.29) is 11.9 Å². The van der Waals surface area contributed by atoms with E-state index >= 15 is 0 Å². The van der Waals surface area contributed by atoms with Crippen LogP contribution in [0.1, 0.15) is 245 Å². The molecule has 4 heteroatoms. The standard InChI is InChI=1S/C44H84O4/c1-3-5-7-9-11-13-25-29-33-37-41-47-43(45)39-35-31-27-23-21-19-17-15-16-18-20-22-24-28-32-36-40-44(46)48-42-38-34-30-26-14-12-10-8-6-4-2/h35,39H,3-34,36-38,40-42H2,1-2H3. The molecule has 284 valence electrons. The molecule has 0 radical (unpaired) electrons. The number of carbonyl (C=O) groups excluding carboxylic acids is 2. The normalized spacial score (nSPS) is 11.5. The van der Waals surface area contributed by atoms with Crippen LogP contribution in [-0.4, -0.2) is 25.2 Å². The first-order chi connectivity index (χ1) is 23.7. The number of unbranched alkanes of at least 4 members (excludes halogenated alkanes) is 32. The van der Waals surface area contributed by atoms with Crippen LogP contribution in [-0.2, 0) is 19.1 Å². The predicted molar refractivity (Wildman–Crippen MR) is 209 cm³/mol. The van der Waals surface area contributed by atoms with Crippen LogP contribution in [0.15, 0.2) is 12.2 Å². The maximum absolute atomic E-state index is 11.9. The van der Waals surface area contributed by atoms with Crippen molar-refractivity contribution in [2.45, 2.75) is 245 Å². The molecular weight excluding hydrogens is 592 g/mol. The van der Waals surface area contributed by atoms with E-state index in [1.807, 2.05) is 6.08 Å². The molecule has 0 aromatic heterocycles. The third-order valence-electron chi connectivity index (χ3n) is 9.76. The van der Waals surface area contributed by atoms with Gasteiger partial charge in [-0.15, -0.1) is 0 Å². The zero-order valence-electron chi connectivity index (χ0n) is 32.7. The number of rotatable bonds is 40. The third kappa shape index (κ3) is 40.9. The molecule has 0 atom stereocenters. The van der Waals surface area contributed by atoms with Crippen molar-refractivity contribution in [3.05, 3.63) is 12.2 Å². The molecule has 0 N–H and O–H groups in total. The minimum atomic E-state index is -0.169. The van der Waals surface area contributed by atoms with Crippen molar-refractivity contribution in [2.24, 2.45) is 0 Å². The average Bonchev–Trinajstić information content (AvgIpc) is 3.09. The van der Waals surface area contributed by atoms with Gasteiger partial charge in [-0.25, -0.2) is 4.79 Å². The summed E-state index contributed by atoms with van der Waals surface area (Å²) in [6.07, 6.45) is 49.2. The van der Waals surface area contributed by atoms with E-state index in [1.165, 1.54) is 193 Å². The molecule has 0 aliphatic rings. The van der Waals surface area contributed by atoms with E-state index in [2.05, 4.69) is 13.8 Å². The van der Waals surface area contributed by atoms with Crippen molar-refractivity contribution in [1.82, 2.24) is 0 Å². The monoisotopic (exact) mass is 677 g/mol. The van der Waals surface area contributed by atoms with Gasteiger partial charge in [0.05, 0.1) is 13.2 Å². The Bertz CT molecular complexity index is 673. The molecule has 0 aromatic carbocycles. The van der Waals surface area contributed by atoms with E-state index in [1.54, 1.807) is 6.08 Å². The van der Waals surface area contributed by atoms with E-state index in [4.69, 9.17) is 9.47 Å². The van der Waals surface area contributed by atoms with E-state index in [9.17, 15) is 9.59 Å². The zero-order chi connectivity index (χ0) is 34.9. The summed E-state index contributed by atoms with van der Waals surface area (Å²) in [6.45, 7) is 5.72. The van der Waals surface area contributed by atoms with E-state index in [0.717, 1.165) is 32.1 Å². The van der Waals surface area contributed by atoms with Crippen molar-refractivity contribution in [2.75, 3.05) is 13.2 Å². The molecule has 0 bridgehead atoms. The smallest absolute Gasteiger partial charge is 0.330 e. The molecule has 0 saturated carbocycles. The van der Waals surface area contributed by atoms with Crippen LogP contribution in [0.5, 0.6) is 0 Å². The highest BCUT2D eigenvalue weighted by Gasteiger charge is 2.03. The van der Waals surface area contributed by atoms with Gasteiger partial charge in [-0.2, -0.15) is 0 Å². The first-order valence-corrected chi connectivity index (χ1v) is 21.7. The van der Waals surface area contributed by atoms with Gasteiger partial charge in [0.25, 0.3) is 0 Å². The highest BCUT2D eigenvalue weighted by molar-refractivity contribution is 5.81. The average molecular weight is 677 g/mol. The fourth-order valence-corrected chi connectivity index (χ4v) is 6.49. The summed E-state index contributed by atoms with van der Waals surface area (Å²) < 4.78 is 10.8. The quantitative estimate of drug-likeness (QED) is 0.0368. The van der Waals surface area contributed by atoms with Crippen LogP contribution in [0.3, 0.4) is 0 Å². The van der Waals surface area contributed by atoms with Gasteiger partial charge in [-0.1, -0.05) is 213 Å². The second-order valence-electron chi connectivity index (χ2n) is 14.6. The summed E-state index contributed by atoms with van der Waals surface area (Å²) >= 11 is 0. The number of allylic oxidation sites excluding steroid dienone is 1. The first-order valence-electron chi connectivity index (χ1n) is 21.7. The maximum atomic E-state index is 11.9. The number of carbonyl (C=O) groups is 2. The zero-order valence-corrected chi connectivity index (χ0v) is 32.7. The molecule has 0 rings (SSSR count). The molecule has 0 fully saturated rings. The highest BCUT2D eigenvalue weighted by atomic mass is 16.5. The summed E-state index contributed by atoms with van der Waals surface area (Å²) in [6, 6.07) is 0. The van der Waals surface area contributed by atoms with Crippen molar-refractivity contribution < 1.29 is 19.1 Å². The summed E-state index contributed by atoms with van der Waals surface area (Å²) in [5, 5.41) is 0. The van der Waals surface area contributed by atoms with E-state index in [0.29, 0.717) is 19.6 Å². The second kappa shape index (κ2) is 41.8. The molecule has 0 unspecified atom stereocenters. The molecule has 0 aliphatic carbocycles. The van der Waals surface area contributed by atoms with Gasteiger partial charge in [0.15, 0.2) is 0 Å². The molecule has 0 saturated heterocycles. The molecule has 0 spiro atoms. The fraction of sp³-hybridized carbons (Fsp3) is 0.909. The molecule has 4 nitrogen and oxygen atoms in total. The number of esters is 2. The minimum Gasteiger partial charge on any atom is -0.466 e. The third-order valence-corrected chi connectivity index (χ3v) is 9.76. The molecular formula is C44H84O4. The molecule has 0 amide bonds. The largest absolute Gasteiger partial charge is 0.466 e. The van der Waals surface area contributed by atoms with Crippen molar-refractivity contribution in [3.63, 3.8) is 0 Å². The topological polar surface area (TPSA) is 52.6 Å². The summed E-state index contributed by atoms with van der Waals surface area (Å²) in [5.74, 6) is -0.160. The number of ether oxygens (including phenoxy) is 2. The lowest BCUT2D eigenvalue weighted by atomic mass is 10.0. The van der Waals surface area contributed by atoms with Crippen molar-refractivity contribution >= 4 is 11.9 Å². The lowest BCUT2D eigenvalue weighted by Crippen LogP contribution is -2.05. The number of hydrogen-bond donors (Lipinski definition) is 0. The van der Waals surface area contributed by atoms with Gasteiger partial charge in [0.2, 0.25) is 0 Å². The Hall–Kier alpha value is -1.32. The lowest BCUT2D eigenvalue weighted by Gasteiger charge is -2.06. The Morgan fingerprint density at radius 2 is 0.688 bits per heavy atom. The summed E-state index contributed by atoms with van der Waals surface area (Å²) in [7, 11) is 0. The van der Waals surface area contributed by atoms with Gasteiger partial charge in [0, 0.05) is 12.5 Å². The van der Waals surface area contributed by atoms with Crippen molar-refractivity contribution in [1.29, 1.82) is 0 Å². The molecule has 0 heterocycles. The Morgan fingerprint density at radius 1 is 0.375 bits per heavy atom.